The third-order valence-electron chi connectivity index (χ3n) is 5.71. The fourth-order valence-corrected chi connectivity index (χ4v) is 4.22. The molecule has 2 saturated carbocycles. The van der Waals surface area contributed by atoms with Crippen molar-refractivity contribution in [1.82, 2.24) is 0 Å². The fraction of sp³-hybridized carbons (Fsp3) is 0.545. The molecule has 4 unspecified atom stereocenters. The van der Waals surface area contributed by atoms with Gasteiger partial charge in [0.15, 0.2) is 0 Å². The summed E-state index contributed by atoms with van der Waals surface area (Å²) >= 11 is 0. The second kappa shape index (κ2) is 12.5. The van der Waals surface area contributed by atoms with Crippen LogP contribution in [0.5, 0.6) is 0 Å². The minimum absolute atomic E-state index is 0. The summed E-state index contributed by atoms with van der Waals surface area (Å²) in [5.74, 6) is 3.46. The van der Waals surface area contributed by atoms with E-state index in [2.05, 4.69) is 63.1 Å². The standard InChI is InChI=1S/2C11H15.2ClH.Zr/c2*1-2-9-7-10-5-3-4-6-11(10)8-9;;;/h2*3-5,7,9,11H,2,6,8H2,1H3;2*1H;/q2*-1;;;+4/p-2. The van der Waals surface area contributed by atoms with E-state index < -0.39 is 0 Å². The van der Waals surface area contributed by atoms with E-state index in [1.807, 2.05) is 0 Å². The summed E-state index contributed by atoms with van der Waals surface area (Å²) in [5.41, 5.74) is 3.19. The van der Waals surface area contributed by atoms with Gasteiger partial charge in [0.1, 0.15) is 0 Å². The number of allylic oxidation sites excluding steroid dienone is 8. The number of hydrogen-bond acceptors (Lipinski definition) is 0. The van der Waals surface area contributed by atoms with Crippen molar-refractivity contribution >= 4 is 0 Å². The predicted molar refractivity (Wildman–Crippen MR) is 96.1 cm³/mol. The molecule has 4 aliphatic carbocycles. The van der Waals surface area contributed by atoms with Crippen LogP contribution in [0.4, 0.5) is 0 Å². The van der Waals surface area contributed by atoms with Crippen LogP contribution in [-0.4, -0.2) is 0 Å². The van der Waals surface area contributed by atoms with E-state index in [-0.39, 0.29) is 51.0 Å². The van der Waals surface area contributed by atoms with Crippen molar-refractivity contribution in [3.8, 4) is 0 Å². The topological polar surface area (TPSA) is 0 Å². The summed E-state index contributed by atoms with van der Waals surface area (Å²) in [6, 6.07) is 0. The van der Waals surface area contributed by atoms with E-state index in [1.54, 1.807) is 11.1 Å². The van der Waals surface area contributed by atoms with Gasteiger partial charge >= 0.3 is 26.2 Å². The molecule has 0 radical (unpaired) electrons. The van der Waals surface area contributed by atoms with Crippen LogP contribution in [0.2, 0.25) is 0 Å². The molecule has 25 heavy (non-hydrogen) atoms. The van der Waals surface area contributed by atoms with E-state index >= 15 is 0 Å². The van der Waals surface area contributed by atoms with Crippen molar-refractivity contribution in [3.63, 3.8) is 0 Å². The summed E-state index contributed by atoms with van der Waals surface area (Å²) < 4.78 is 0. The second-order valence-corrected chi connectivity index (χ2v) is 7.20. The Balaban J connectivity index is 0.000000411. The Hall–Kier alpha value is 0.163. The Morgan fingerprint density at radius 3 is 1.52 bits per heavy atom. The second-order valence-electron chi connectivity index (χ2n) is 7.20. The molecule has 3 heteroatoms. The van der Waals surface area contributed by atoms with Gasteiger partial charge in [-0.05, 0) is 24.7 Å². The average Bonchev–Trinajstić information content (AvgIpc) is 3.18. The van der Waals surface area contributed by atoms with Crippen LogP contribution < -0.4 is 24.8 Å². The van der Waals surface area contributed by atoms with Gasteiger partial charge in [-0.1, -0.05) is 51.4 Å². The zero-order chi connectivity index (χ0) is 15.4. The van der Waals surface area contributed by atoms with Gasteiger partial charge < -0.3 is 24.8 Å². The van der Waals surface area contributed by atoms with Crippen molar-refractivity contribution < 1.29 is 51.0 Å². The van der Waals surface area contributed by atoms with Gasteiger partial charge in [-0.2, -0.15) is 0 Å². The first-order chi connectivity index (χ1) is 10.8. The summed E-state index contributed by atoms with van der Waals surface area (Å²) in [7, 11) is 0. The zero-order valence-electron chi connectivity index (χ0n) is 15.4. The van der Waals surface area contributed by atoms with E-state index in [0.29, 0.717) is 0 Å². The zero-order valence-corrected chi connectivity index (χ0v) is 19.4. The molecule has 0 bridgehead atoms. The first-order valence-electron chi connectivity index (χ1n) is 9.23. The Morgan fingerprint density at radius 1 is 0.800 bits per heavy atom. The van der Waals surface area contributed by atoms with Crippen LogP contribution in [0.15, 0.2) is 47.6 Å². The Bertz CT molecular complexity index is 458. The van der Waals surface area contributed by atoms with Gasteiger partial charge in [0.25, 0.3) is 0 Å². The van der Waals surface area contributed by atoms with Gasteiger partial charge in [-0.15, -0.1) is 24.3 Å². The molecule has 4 atom stereocenters. The predicted octanol–water partition coefficient (Wildman–Crippen LogP) is 0.252. The minimum atomic E-state index is 0. The SMILES string of the molecule is CCC1[CH-]C2=CC=CCC2C1.CCC1[CH-]C2=CC=CCC2C1.[Cl-].[Cl-].[Zr+4]. The molecule has 0 aromatic heterocycles. The molecule has 0 spiro atoms. The molecular formula is C22H30Cl2Zr. The van der Waals surface area contributed by atoms with Crippen molar-refractivity contribution in [2.24, 2.45) is 23.7 Å². The quantitative estimate of drug-likeness (QED) is 0.523. The normalized spacial score (nSPS) is 30.3. The Labute approximate surface area is 186 Å². The maximum absolute atomic E-state index is 2.47. The molecule has 0 N–H and O–H groups in total. The molecule has 0 aromatic rings. The van der Waals surface area contributed by atoms with Gasteiger partial charge in [-0.25, -0.2) is 36.1 Å². The van der Waals surface area contributed by atoms with Crippen LogP contribution >= 0.6 is 0 Å². The molecular weight excluding hydrogens is 426 g/mol. The maximum atomic E-state index is 2.47. The van der Waals surface area contributed by atoms with Crippen molar-refractivity contribution in [2.45, 2.75) is 52.4 Å². The average molecular weight is 457 g/mol. The Kier molecular flexibility index (Phi) is 12.6. The first kappa shape index (κ1) is 25.2. The summed E-state index contributed by atoms with van der Waals surface area (Å²) in [6.07, 6.45) is 26.4. The molecule has 4 rings (SSSR count). The monoisotopic (exact) mass is 454 g/mol. The summed E-state index contributed by atoms with van der Waals surface area (Å²) in [6.45, 7) is 4.57. The van der Waals surface area contributed by atoms with E-state index in [9.17, 15) is 0 Å². The van der Waals surface area contributed by atoms with E-state index in [4.69, 9.17) is 0 Å². The number of halogens is 2. The fourth-order valence-electron chi connectivity index (χ4n) is 4.22. The number of fused-ring (bicyclic) bond motifs is 2. The van der Waals surface area contributed by atoms with Crippen LogP contribution in [-0.2, 0) is 26.2 Å². The summed E-state index contributed by atoms with van der Waals surface area (Å²) in [4.78, 5) is 0. The molecule has 136 valence electrons. The van der Waals surface area contributed by atoms with Crippen molar-refractivity contribution in [2.75, 3.05) is 0 Å². The minimum Gasteiger partial charge on any atom is -1.00 e. The van der Waals surface area contributed by atoms with Gasteiger partial charge in [-0.3, -0.25) is 0 Å². The molecule has 2 fully saturated rings. The van der Waals surface area contributed by atoms with E-state index in [1.165, 1.54) is 38.5 Å². The van der Waals surface area contributed by atoms with Gasteiger partial charge in [0, 0.05) is 0 Å². The third kappa shape index (κ3) is 6.68. The van der Waals surface area contributed by atoms with Crippen LogP contribution in [0.25, 0.3) is 0 Å². The first-order valence-corrected chi connectivity index (χ1v) is 9.23. The smallest absolute Gasteiger partial charge is 1.00 e. The number of hydrogen-bond donors (Lipinski definition) is 0. The molecule has 0 nitrogen and oxygen atoms in total. The van der Waals surface area contributed by atoms with Gasteiger partial charge in [0.2, 0.25) is 0 Å². The third-order valence-corrected chi connectivity index (χ3v) is 5.71. The maximum Gasteiger partial charge on any atom is 4.00 e. The molecule has 0 aromatic carbocycles. The number of rotatable bonds is 2. The van der Waals surface area contributed by atoms with Crippen molar-refractivity contribution in [3.05, 3.63) is 60.4 Å². The van der Waals surface area contributed by atoms with E-state index in [0.717, 1.165) is 23.7 Å². The van der Waals surface area contributed by atoms with Crippen LogP contribution in [0, 0.1) is 36.5 Å². The molecule has 0 heterocycles. The van der Waals surface area contributed by atoms with Gasteiger partial charge in [0.05, 0.1) is 0 Å². The van der Waals surface area contributed by atoms with Crippen LogP contribution in [0.1, 0.15) is 52.4 Å². The molecule has 4 aliphatic rings. The van der Waals surface area contributed by atoms with Crippen LogP contribution in [0.3, 0.4) is 0 Å². The molecule has 0 amide bonds. The molecule has 0 aliphatic heterocycles. The largest absolute Gasteiger partial charge is 4.00 e. The summed E-state index contributed by atoms with van der Waals surface area (Å²) in [5, 5.41) is 0. The molecule has 0 saturated heterocycles. The Morgan fingerprint density at radius 2 is 1.20 bits per heavy atom. The van der Waals surface area contributed by atoms with Crippen molar-refractivity contribution in [1.29, 1.82) is 0 Å².